The van der Waals surface area contributed by atoms with Gasteiger partial charge in [-0.3, -0.25) is 9.78 Å². The maximum atomic E-state index is 11.0. The lowest BCUT2D eigenvalue weighted by molar-refractivity contribution is -0.120. The molecule has 0 fully saturated rings. The first-order valence-electron chi connectivity index (χ1n) is 5.32. The molecule has 0 aliphatic heterocycles. The summed E-state index contributed by atoms with van der Waals surface area (Å²) in [6.45, 7) is 0.540. The van der Waals surface area contributed by atoms with E-state index in [-0.39, 0.29) is 5.91 Å². The van der Waals surface area contributed by atoms with Crippen LogP contribution in [-0.2, 0) is 4.79 Å². The van der Waals surface area contributed by atoms with Crippen molar-refractivity contribution in [3.63, 3.8) is 0 Å². The first-order chi connectivity index (χ1) is 8.29. The number of fused-ring (bicyclic) bond motifs is 1. The lowest BCUT2D eigenvalue weighted by Crippen LogP contribution is -2.21. The molecule has 17 heavy (non-hydrogen) atoms. The topological polar surface area (TPSA) is 79.8 Å². The molecule has 1 amide bonds. The SMILES string of the molecule is CNC(=O)CCNc1ccc2nccnc2n1. The number of anilines is 1. The number of hydrogen-bond donors (Lipinski definition) is 2. The van der Waals surface area contributed by atoms with Crippen LogP contribution in [0.2, 0.25) is 0 Å². The van der Waals surface area contributed by atoms with Crippen molar-refractivity contribution in [1.29, 1.82) is 0 Å². The molecule has 0 aliphatic rings. The second-order valence-electron chi connectivity index (χ2n) is 3.45. The van der Waals surface area contributed by atoms with Crippen molar-refractivity contribution >= 4 is 22.9 Å². The van der Waals surface area contributed by atoms with Gasteiger partial charge in [-0.15, -0.1) is 0 Å². The molecule has 0 saturated heterocycles. The third kappa shape index (κ3) is 2.87. The molecule has 2 rings (SSSR count). The van der Waals surface area contributed by atoms with E-state index in [4.69, 9.17) is 0 Å². The van der Waals surface area contributed by atoms with E-state index in [2.05, 4.69) is 25.6 Å². The van der Waals surface area contributed by atoms with E-state index >= 15 is 0 Å². The van der Waals surface area contributed by atoms with Gasteiger partial charge in [0.1, 0.15) is 11.3 Å². The Morgan fingerprint density at radius 1 is 1.29 bits per heavy atom. The Kier molecular flexibility index (Phi) is 3.44. The number of pyridine rings is 1. The van der Waals surface area contributed by atoms with Crippen LogP contribution in [0.1, 0.15) is 6.42 Å². The summed E-state index contributed by atoms with van der Waals surface area (Å²) in [4.78, 5) is 23.5. The Labute approximate surface area is 98.5 Å². The zero-order valence-corrected chi connectivity index (χ0v) is 9.47. The summed E-state index contributed by atoms with van der Waals surface area (Å²) in [7, 11) is 1.62. The van der Waals surface area contributed by atoms with E-state index in [0.29, 0.717) is 24.4 Å². The molecule has 0 spiro atoms. The quantitative estimate of drug-likeness (QED) is 0.804. The van der Waals surface area contributed by atoms with Gasteiger partial charge < -0.3 is 10.6 Å². The molecule has 2 N–H and O–H groups in total. The van der Waals surface area contributed by atoms with Gasteiger partial charge in [-0.1, -0.05) is 0 Å². The maximum absolute atomic E-state index is 11.0. The molecule has 0 saturated carbocycles. The Morgan fingerprint density at radius 2 is 2.12 bits per heavy atom. The fourth-order valence-electron chi connectivity index (χ4n) is 1.38. The molecule has 6 heteroatoms. The second kappa shape index (κ2) is 5.20. The van der Waals surface area contributed by atoms with E-state index in [1.165, 1.54) is 0 Å². The Morgan fingerprint density at radius 3 is 2.94 bits per heavy atom. The van der Waals surface area contributed by atoms with Gasteiger partial charge >= 0.3 is 0 Å². The highest BCUT2D eigenvalue weighted by Gasteiger charge is 2.00. The molecular weight excluding hydrogens is 218 g/mol. The fraction of sp³-hybridized carbons (Fsp3) is 0.273. The van der Waals surface area contributed by atoms with E-state index in [0.717, 1.165) is 5.52 Å². The molecule has 0 atom stereocenters. The van der Waals surface area contributed by atoms with Crippen LogP contribution in [0.4, 0.5) is 5.82 Å². The number of aromatic nitrogens is 3. The molecule has 0 aromatic carbocycles. The van der Waals surface area contributed by atoms with E-state index in [9.17, 15) is 4.79 Å². The van der Waals surface area contributed by atoms with Crippen LogP contribution in [-0.4, -0.2) is 34.5 Å². The third-order valence-corrected chi connectivity index (χ3v) is 2.27. The van der Waals surface area contributed by atoms with Gasteiger partial charge in [0.25, 0.3) is 0 Å². The van der Waals surface area contributed by atoms with Crippen LogP contribution in [0.25, 0.3) is 11.2 Å². The summed E-state index contributed by atoms with van der Waals surface area (Å²) in [6.07, 6.45) is 3.64. The number of carbonyl (C=O) groups excluding carboxylic acids is 1. The third-order valence-electron chi connectivity index (χ3n) is 2.27. The number of rotatable bonds is 4. The predicted octanol–water partition coefficient (Wildman–Crippen LogP) is 0.573. The summed E-state index contributed by atoms with van der Waals surface area (Å²) in [6, 6.07) is 3.67. The highest BCUT2D eigenvalue weighted by atomic mass is 16.1. The van der Waals surface area contributed by atoms with E-state index in [1.54, 1.807) is 19.4 Å². The maximum Gasteiger partial charge on any atom is 0.221 e. The average Bonchev–Trinajstić information content (AvgIpc) is 2.38. The summed E-state index contributed by atoms with van der Waals surface area (Å²) >= 11 is 0. The van der Waals surface area contributed by atoms with Gasteiger partial charge in [0.15, 0.2) is 5.65 Å². The van der Waals surface area contributed by atoms with Crippen molar-refractivity contribution < 1.29 is 4.79 Å². The number of carbonyl (C=O) groups is 1. The Hall–Kier alpha value is -2.24. The molecule has 6 nitrogen and oxygen atoms in total. The molecule has 0 unspecified atom stereocenters. The van der Waals surface area contributed by atoms with E-state index in [1.807, 2.05) is 12.1 Å². The average molecular weight is 231 g/mol. The normalized spacial score (nSPS) is 10.2. The van der Waals surface area contributed by atoms with Crippen molar-refractivity contribution in [2.45, 2.75) is 6.42 Å². The van der Waals surface area contributed by atoms with E-state index < -0.39 is 0 Å². The fourth-order valence-corrected chi connectivity index (χ4v) is 1.38. The van der Waals surface area contributed by atoms with Crippen molar-refractivity contribution in [2.75, 3.05) is 18.9 Å². The summed E-state index contributed by atoms with van der Waals surface area (Å²) in [5.74, 6) is 0.694. The van der Waals surface area contributed by atoms with Gasteiger partial charge in [-0.25, -0.2) is 9.97 Å². The number of nitrogens with one attached hydrogen (secondary N) is 2. The van der Waals surface area contributed by atoms with Crippen LogP contribution < -0.4 is 10.6 Å². The van der Waals surface area contributed by atoms with Gasteiger partial charge in [0.05, 0.1) is 0 Å². The largest absolute Gasteiger partial charge is 0.369 e. The zero-order chi connectivity index (χ0) is 12.1. The molecule has 2 aromatic rings. The van der Waals surface area contributed by atoms with Gasteiger partial charge in [0, 0.05) is 32.4 Å². The molecule has 2 aromatic heterocycles. The summed E-state index contributed by atoms with van der Waals surface area (Å²) < 4.78 is 0. The first kappa shape index (κ1) is 11.3. The lowest BCUT2D eigenvalue weighted by atomic mass is 10.3. The molecule has 0 radical (unpaired) electrons. The minimum Gasteiger partial charge on any atom is -0.369 e. The molecule has 0 bridgehead atoms. The Balaban J connectivity index is 2.02. The zero-order valence-electron chi connectivity index (χ0n) is 9.47. The molecule has 2 heterocycles. The second-order valence-corrected chi connectivity index (χ2v) is 3.45. The van der Waals surface area contributed by atoms with Crippen molar-refractivity contribution in [3.8, 4) is 0 Å². The Bertz CT molecular complexity index is 528. The van der Waals surface area contributed by atoms with Crippen LogP contribution >= 0.6 is 0 Å². The molecule has 0 aliphatic carbocycles. The summed E-state index contributed by atoms with van der Waals surface area (Å²) in [5, 5.41) is 5.62. The minimum atomic E-state index is -0.00178. The summed E-state index contributed by atoms with van der Waals surface area (Å²) in [5.41, 5.74) is 1.35. The molecule has 88 valence electrons. The van der Waals surface area contributed by atoms with Crippen molar-refractivity contribution in [1.82, 2.24) is 20.3 Å². The number of amides is 1. The first-order valence-corrected chi connectivity index (χ1v) is 5.32. The monoisotopic (exact) mass is 231 g/mol. The number of hydrogen-bond acceptors (Lipinski definition) is 5. The van der Waals surface area contributed by atoms with Gasteiger partial charge in [-0.2, -0.15) is 0 Å². The number of nitrogens with zero attached hydrogens (tertiary/aromatic N) is 3. The van der Waals surface area contributed by atoms with Crippen LogP contribution in [0.5, 0.6) is 0 Å². The highest BCUT2D eigenvalue weighted by Crippen LogP contribution is 2.09. The smallest absolute Gasteiger partial charge is 0.221 e. The van der Waals surface area contributed by atoms with Crippen LogP contribution in [0.15, 0.2) is 24.5 Å². The predicted molar refractivity (Wildman–Crippen MR) is 64.5 cm³/mol. The van der Waals surface area contributed by atoms with Gasteiger partial charge in [-0.05, 0) is 12.1 Å². The standard InChI is InChI=1S/C11H13N5O/c1-12-10(17)4-5-14-9-3-2-8-11(16-9)15-7-6-13-8/h2-3,6-7H,4-5H2,1H3,(H,12,17)(H,14,15,16). The van der Waals surface area contributed by atoms with Gasteiger partial charge in [0.2, 0.25) is 5.91 Å². The van der Waals surface area contributed by atoms with Crippen LogP contribution in [0.3, 0.4) is 0 Å². The lowest BCUT2D eigenvalue weighted by Gasteiger charge is -2.05. The highest BCUT2D eigenvalue weighted by molar-refractivity contribution is 5.76. The van der Waals surface area contributed by atoms with Crippen molar-refractivity contribution in [2.24, 2.45) is 0 Å². The molecular formula is C11H13N5O. The van der Waals surface area contributed by atoms with Crippen molar-refractivity contribution in [3.05, 3.63) is 24.5 Å². The van der Waals surface area contributed by atoms with Crippen LogP contribution in [0, 0.1) is 0 Å². The minimum absolute atomic E-state index is 0.00178.